The van der Waals surface area contributed by atoms with Crippen LogP contribution in [0.1, 0.15) is 45.1 Å². The number of aldehydes is 1. The minimum absolute atomic E-state index is 0.459. The van der Waals surface area contributed by atoms with Crippen LogP contribution in [0.4, 0.5) is 11.6 Å². The van der Waals surface area contributed by atoms with E-state index >= 15 is 0 Å². The first-order valence-electron chi connectivity index (χ1n) is 8.25. The summed E-state index contributed by atoms with van der Waals surface area (Å²) in [5.41, 5.74) is 2.11. The summed E-state index contributed by atoms with van der Waals surface area (Å²) in [6.45, 7) is 11.0. The topological polar surface area (TPSA) is 45.2 Å². The van der Waals surface area contributed by atoms with Gasteiger partial charge in [-0.1, -0.05) is 13.5 Å². The van der Waals surface area contributed by atoms with Crippen molar-refractivity contribution in [3.63, 3.8) is 0 Å². The fraction of sp³-hybridized carbons (Fsp3) is 0.556. The average molecular weight is 301 g/mol. The normalized spacial score (nSPS) is 18.1. The third-order valence-corrected chi connectivity index (χ3v) is 4.16. The molecular formula is C18H27N3O. The van der Waals surface area contributed by atoms with Gasteiger partial charge in [0, 0.05) is 31.6 Å². The number of hydrogen-bond donors (Lipinski definition) is 1. The summed E-state index contributed by atoms with van der Waals surface area (Å²) < 4.78 is 0. The molecule has 1 fully saturated rings. The monoisotopic (exact) mass is 301 g/mol. The molecule has 120 valence electrons. The Kier molecular flexibility index (Phi) is 5.99. The molecule has 1 aromatic heterocycles. The number of pyridine rings is 1. The van der Waals surface area contributed by atoms with Crippen molar-refractivity contribution < 1.29 is 4.79 Å². The van der Waals surface area contributed by atoms with Gasteiger partial charge in [-0.25, -0.2) is 4.98 Å². The molecule has 2 rings (SSSR count). The summed E-state index contributed by atoms with van der Waals surface area (Å²) >= 11 is 0. The molecule has 4 nitrogen and oxygen atoms in total. The Bertz CT molecular complexity index is 527. The van der Waals surface area contributed by atoms with Crippen molar-refractivity contribution in [2.24, 2.45) is 5.92 Å². The number of carbonyl (C=O) groups excluding carboxylic acids is 1. The van der Waals surface area contributed by atoms with E-state index in [1.165, 1.54) is 0 Å². The van der Waals surface area contributed by atoms with E-state index in [4.69, 9.17) is 4.98 Å². The third-order valence-electron chi connectivity index (χ3n) is 4.16. The Morgan fingerprint density at radius 1 is 1.55 bits per heavy atom. The minimum atomic E-state index is 0.459. The van der Waals surface area contributed by atoms with Gasteiger partial charge in [0.1, 0.15) is 17.9 Å². The van der Waals surface area contributed by atoms with E-state index in [1.807, 2.05) is 6.92 Å². The molecule has 1 saturated heterocycles. The van der Waals surface area contributed by atoms with Crippen molar-refractivity contribution in [2.75, 3.05) is 29.9 Å². The van der Waals surface area contributed by atoms with E-state index in [0.717, 1.165) is 68.0 Å². The van der Waals surface area contributed by atoms with Crippen molar-refractivity contribution in [3.05, 3.63) is 24.3 Å². The van der Waals surface area contributed by atoms with Crippen LogP contribution in [0.15, 0.2) is 18.7 Å². The van der Waals surface area contributed by atoms with Crippen LogP contribution in [0.5, 0.6) is 0 Å². The van der Waals surface area contributed by atoms with Gasteiger partial charge in [0.05, 0.1) is 0 Å². The molecule has 0 aromatic carbocycles. The Morgan fingerprint density at radius 2 is 2.36 bits per heavy atom. The lowest BCUT2D eigenvalue weighted by Crippen LogP contribution is -2.36. The largest absolute Gasteiger partial charge is 0.370 e. The van der Waals surface area contributed by atoms with Crippen molar-refractivity contribution in [1.29, 1.82) is 0 Å². The maximum absolute atomic E-state index is 10.8. The second-order valence-electron chi connectivity index (χ2n) is 6.13. The molecule has 0 amide bonds. The smallest absolute Gasteiger partial charge is 0.135 e. The summed E-state index contributed by atoms with van der Waals surface area (Å²) in [5, 5.41) is 3.41. The van der Waals surface area contributed by atoms with Gasteiger partial charge >= 0.3 is 0 Å². The van der Waals surface area contributed by atoms with Crippen LogP contribution >= 0.6 is 0 Å². The summed E-state index contributed by atoms with van der Waals surface area (Å²) in [6, 6.07) is 4.18. The SMILES string of the molecule is C=C(C)c1ccc(N2CCCC(CC=O)C2)nc1NCCC. The van der Waals surface area contributed by atoms with E-state index in [-0.39, 0.29) is 0 Å². The molecule has 1 N–H and O–H groups in total. The van der Waals surface area contributed by atoms with E-state index in [1.54, 1.807) is 0 Å². The Balaban J connectivity index is 2.19. The van der Waals surface area contributed by atoms with Crippen LogP contribution in [-0.2, 0) is 4.79 Å². The number of anilines is 2. The Labute approximate surface area is 133 Å². The summed E-state index contributed by atoms with van der Waals surface area (Å²) in [7, 11) is 0. The molecule has 1 aliphatic rings. The summed E-state index contributed by atoms with van der Waals surface area (Å²) in [5.74, 6) is 2.38. The van der Waals surface area contributed by atoms with Crippen LogP contribution in [-0.4, -0.2) is 30.9 Å². The molecule has 0 saturated carbocycles. The molecule has 1 unspecified atom stereocenters. The van der Waals surface area contributed by atoms with E-state index in [9.17, 15) is 4.79 Å². The van der Waals surface area contributed by atoms with Crippen LogP contribution in [0, 0.1) is 5.92 Å². The predicted molar refractivity (Wildman–Crippen MR) is 93.3 cm³/mol. The van der Waals surface area contributed by atoms with Crippen LogP contribution in [0.25, 0.3) is 5.57 Å². The highest BCUT2D eigenvalue weighted by Gasteiger charge is 2.21. The molecule has 22 heavy (non-hydrogen) atoms. The predicted octanol–water partition coefficient (Wildman–Crippen LogP) is 3.74. The fourth-order valence-electron chi connectivity index (χ4n) is 2.95. The van der Waals surface area contributed by atoms with Gasteiger partial charge in [0.2, 0.25) is 0 Å². The molecule has 0 aliphatic carbocycles. The van der Waals surface area contributed by atoms with E-state index < -0.39 is 0 Å². The zero-order valence-electron chi connectivity index (χ0n) is 13.8. The molecule has 1 aromatic rings. The van der Waals surface area contributed by atoms with Crippen molar-refractivity contribution in [1.82, 2.24) is 4.98 Å². The van der Waals surface area contributed by atoms with Crippen molar-refractivity contribution in [2.45, 2.75) is 39.5 Å². The maximum Gasteiger partial charge on any atom is 0.135 e. The lowest BCUT2D eigenvalue weighted by atomic mass is 9.95. The molecule has 1 atom stereocenters. The highest BCUT2D eigenvalue weighted by molar-refractivity contribution is 5.73. The first-order valence-corrected chi connectivity index (χ1v) is 8.25. The second-order valence-corrected chi connectivity index (χ2v) is 6.13. The van der Waals surface area contributed by atoms with Crippen LogP contribution in [0.2, 0.25) is 0 Å². The standard InChI is InChI=1S/C18H27N3O/c1-4-10-19-18-16(14(2)3)7-8-17(20-18)21-11-5-6-15(13-21)9-12-22/h7-8,12,15H,2,4-6,9-11,13H2,1,3H3,(H,19,20). The molecule has 0 bridgehead atoms. The lowest BCUT2D eigenvalue weighted by molar-refractivity contribution is -0.108. The number of hydrogen-bond acceptors (Lipinski definition) is 4. The molecular weight excluding hydrogens is 274 g/mol. The van der Waals surface area contributed by atoms with Crippen LogP contribution < -0.4 is 10.2 Å². The van der Waals surface area contributed by atoms with Gasteiger partial charge in [-0.2, -0.15) is 0 Å². The molecule has 0 radical (unpaired) electrons. The number of piperidine rings is 1. The first kappa shape index (κ1) is 16.5. The summed E-state index contributed by atoms with van der Waals surface area (Å²) in [6.07, 6.45) is 5.02. The Hall–Kier alpha value is -1.84. The fourth-order valence-corrected chi connectivity index (χ4v) is 2.95. The molecule has 0 spiro atoms. The highest BCUT2D eigenvalue weighted by atomic mass is 16.1. The average Bonchev–Trinajstić information content (AvgIpc) is 2.53. The second kappa shape index (κ2) is 7.97. The van der Waals surface area contributed by atoms with Gasteiger partial charge in [-0.05, 0) is 49.8 Å². The number of allylic oxidation sites excluding steroid dienone is 1. The number of nitrogens with zero attached hydrogens (tertiary/aromatic N) is 2. The van der Waals surface area contributed by atoms with E-state index in [2.05, 4.69) is 35.9 Å². The van der Waals surface area contributed by atoms with Gasteiger partial charge in [0.25, 0.3) is 0 Å². The summed E-state index contributed by atoms with van der Waals surface area (Å²) in [4.78, 5) is 17.9. The molecule has 1 aliphatic heterocycles. The van der Waals surface area contributed by atoms with Crippen molar-refractivity contribution in [3.8, 4) is 0 Å². The maximum atomic E-state index is 10.8. The van der Waals surface area contributed by atoms with Gasteiger partial charge in [-0.3, -0.25) is 0 Å². The number of nitrogens with one attached hydrogen (secondary N) is 1. The highest BCUT2D eigenvalue weighted by Crippen LogP contribution is 2.28. The first-order chi connectivity index (χ1) is 10.7. The Morgan fingerprint density at radius 3 is 3.05 bits per heavy atom. The number of carbonyl (C=O) groups is 1. The minimum Gasteiger partial charge on any atom is -0.370 e. The van der Waals surface area contributed by atoms with Gasteiger partial charge < -0.3 is 15.0 Å². The molecule has 2 heterocycles. The number of rotatable bonds is 7. The van der Waals surface area contributed by atoms with Crippen LogP contribution in [0.3, 0.4) is 0 Å². The quantitative estimate of drug-likeness (QED) is 0.779. The third kappa shape index (κ3) is 4.09. The van der Waals surface area contributed by atoms with Gasteiger partial charge in [0.15, 0.2) is 0 Å². The zero-order valence-corrected chi connectivity index (χ0v) is 13.8. The molecule has 4 heteroatoms. The van der Waals surface area contributed by atoms with Crippen molar-refractivity contribution >= 4 is 23.5 Å². The lowest BCUT2D eigenvalue weighted by Gasteiger charge is -2.33. The van der Waals surface area contributed by atoms with Gasteiger partial charge in [-0.15, -0.1) is 0 Å². The number of aromatic nitrogens is 1. The zero-order chi connectivity index (χ0) is 15.9. The van der Waals surface area contributed by atoms with E-state index in [0.29, 0.717) is 12.3 Å².